The number of aliphatic carboxylic acids is 1. The fourth-order valence-corrected chi connectivity index (χ4v) is 6.41. The Kier molecular flexibility index (Phi) is 11.4. The molecule has 0 bridgehead atoms. The fourth-order valence-electron chi connectivity index (χ4n) is 4.55. The number of carboxylic acid groups (broad SMARTS) is 1. The predicted octanol–water partition coefficient (Wildman–Crippen LogP) is -3.36. The van der Waals surface area contributed by atoms with E-state index in [1.54, 1.807) is 43.7 Å². The normalized spacial score (nSPS) is 20.2. The van der Waals surface area contributed by atoms with Gasteiger partial charge in [-0.3, -0.25) is 29.6 Å². The number of nitrogens with zero attached hydrogens (tertiary/aromatic N) is 6. The van der Waals surface area contributed by atoms with Gasteiger partial charge in [0.2, 0.25) is 0 Å². The molecule has 0 aromatic carbocycles. The maximum atomic E-state index is 13.1. The molecule has 4 aliphatic rings. The molecule has 18 heteroatoms. The number of rotatable bonds is 10. The number of carbonyl (C=O) groups excluding carboxylic acids is 4. The molecule has 4 aliphatic heterocycles. The number of thioether (sulfide) groups is 1. The van der Waals surface area contributed by atoms with Crippen LogP contribution in [0.5, 0.6) is 0 Å². The van der Waals surface area contributed by atoms with Crippen molar-refractivity contribution < 1.29 is 58.7 Å². The quantitative estimate of drug-likeness (QED) is 0.0558. The first-order valence-electron chi connectivity index (χ1n) is 13.3. The van der Waals surface area contributed by atoms with E-state index in [0.29, 0.717) is 17.7 Å². The number of allylic oxidation sites excluding steroid dienone is 6. The fraction of sp³-hybridized carbons (Fsp3) is 0.214. The SMILES string of the molecule is CCO/N=C(\C(=O)N[C@@H]1C(=O)N2C(C(=O)[O-])=C(/C=C/CN3C=CC(=C4C=NC(C(=O)NC#N)=C4)C=C3)CS[C@H]12)c1csc(N)n1.[Na+]. The minimum atomic E-state index is -1.50. The number of amides is 3. The van der Waals surface area contributed by atoms with Crippen molar-refractivity contribution in [2.75, 3.05) is 24.6 Å². The molecule has 0 saturated carbocycles. The van der Waals surface area contributed by atoms with Crippen LogP contribution in [0.2, 0.25) is 0 Å². The second-order valence-corrected chi connectivity index (χ2v) is 11.4. The molecule has 46 heavy (non-hydrogen) atoms. The molecule has 1 aromatic heterocycles. The number of nitrogens with two attached hydrogens (primary N) is 1. The van der Waals surface area contributed by atoms with Crippen LogP contribution in [0, 0.1) is 11.5 Å². The Morgan fingerprint density at radius 1 is 1.30 bits per heavy atom. The Hall–Kier alpha value is -4.47. The number of hydrogen-bond donors (Lipinski definition) is 3. The van der Waals surface area contributed by atoms with Crippen LogP contribution in [0.25, 0.3) is 0 Å². The van der Waals surface area contributed by atoms with Gasteiger partial charge in [0.1, 0.15) is 29.4 Å². The van der Waals surface area contributed by atoms with Gasteiger partial charge in [0.05, 0.1) is 11.7 Å². The monoisotopic (exact) mass is 669 g/mol. The van der Waals surface area contributed by atoms with Crippen LogP contribution in [-0.2, 0) is 24.0 Å². The van der Waals surface area contributed by atoms with E-state index in [1.807, 2.05) is 22.4 Å². The van der Waals surface area contributed by atoms with Crippen molar-refractivity contribution in [1.82, 2.24) is 25.4 Å². The summed E-state index contributed by atoms with van der Waals surface area (Å²) in [5.41, 5.74) is 7.52. The van der Waals surface area contributed by atoms with E-state index in [4.69, 9.17) is 15.8 Å². The number of anilines is 1. The molecular weight excluding hydrogens is 645 g/mol. The van der Waals surface area contributed by atoms with E-state index >= 15 is 0 Å². The number of carboxylic acids is 1. The first-order valence-corrected chi connectivity index (χ1v) is 15.2. The van der Waals surface area contributed by atoms with Gasteiger partial charge in [0.15, 0.2) is 17.0 Å². The van der Waals surface area contributed by atoms with Crippen LogP contribution in [0.4, 0.5) is 5.13 Å². The Bertz CT molecular complexity index is 1730. The zero-order valence-corrected chi connectivity index (χ0v) is 28.1. The van der Waals surface area contributed by atoms with Crippen molar-refractivity contribution in [3.63, 3.8) is 0 Å². The molecule has 2 atom stereocenters. The van der Waals surface area contributed by atoms with Crippen molar-refractivity contribution in [2.45, 2.75) is 18.3 Å². The van der Waals surface area contributed by atoms with Crippen LogP contribution in [-0.4, -0.2) is 80.7 Å². The number of nitrogens with one attached hydrogen (secondary N) is 2. The van der Waals surface area contributed by atoms with Crippen molar-refractivity contribution in [2.24, 2.45) is 10.1 Å². The van der Waals surface area contributed by atoms with E-state index in [-0.39, 0.29) is 69.8 Å². The maximum absolute atomic E-state index is 13.1. The van der Waals surface area contributed by atoms with Gasteiger partial charge in [-0.05, 0) is 36.3 Å². The molecule has 0 radical (unpaired) electrons. The molecule has 15 nitrogen and oxygen atoms in total. The summed E-state index contributed by atoms with van der Waals surface area (Å²) >= 11 is 2.42. The predicted molar refractivity (Wildman–Crippen MR) is 163 cm³/mol. The van der Waals surface area contributed by atoms with Gasteiger partial charge in [0, 0.05) is 41.9 Å². The summed E-state index contributed by atoms with van der Waals surface area (Å²) < 4.78 is 0. The second-order valence-electron chi connectivity index (χ2n) is 9.45. The van der Waals surface area contributed by atoms with Crippen LogP contribution in [0.1, 0.15) is 12.6 Å². The molecule has 1 aromatic rings. The third kappa shape index (κ3) is 7.32. The average molecular weight is 670 g/mol. The number of thiazole rings is 1. The summed E-state index contributed by atoms with van der Waals surface area (Å²) in [6.45, 7) is 2.28. The first kappa shape index (κ1) is 34.4. The number of nitrogen functional groups attached to an aromatic ring is 1. The second kappa shape index (κ2) is 15.2. The van der Waals surface area contributed by atoms with Gasteiger partial charge in [-0.2, -0.15) is 5.26 Å². The Balaban J connectivity index is 0.00000480. The molecular formula is C28H24N9NaO6S2. The van der Waals surface area contributed by atoms with Crippen LogP contribution in [0.3, 0.4) is 0 Å². The zero-order chi connectivity index (χ0) is 32.1. The van der Waals surface area contributed by atoms with Gasteiger partial charge in [-0.1, -0.05) is 17.3 Å². The number of carbonyl (C=O) groups is 4. The largest absolute Gasteiger partial charge is 1.00 e. The average Bonchev–Trinajstić information content (AvgIpc) is 3.70. The maximum Gasteiger partial charge on any atom is 1.00 e. The van der Waals surface area contributed by atoms with Gasteiger partial charge in [-0.15, -0.1) is 23.1 Å². The van der Waals surface area contributed by atoms with E-state index in [9.17, 15) is 24.3 Å². The molecule has 0 unspecified atom stereocenters. The summed E-state index contributed by atoms with van der Waals surface area (Å²) in [6, 6.07) is -0.992. The van der Waals surface area contributed by atoms with Crippen molar-refractivity contribution >= 4 is 63.8 Å². The molecule has 3 amide bonds. The van der Waals surface area contributed by atoms with Crippen molar-refractivity contribution in [3.8, 4) is 6.19 Å². The summed E-state index contributed by atoms with van der Waals surface area (Å²) in [5.74, 6) is -3.13. The minimum Gasteiger partial charge on any atom is -0.543 e. The number of β-lactam (4-membered cyclic amide) rings is 1. The summed E-state index contributed by atoms with van der Waals surface area (Å²) in [4.78, 5) is 66.1. The number of oxime groups is 1. The number of fused-ring (bicyclic) bond motifs is 1. The number of aromatic nitrogens is 1. The van der Waals surface area contributed by atoms with Gasteiger partial charge < -0.3 is 30.7 Å². The number of hydrogen-bond acceptors (Lipinski definition) is 14. The zero-order valence-electron chi connectivity index (χ0n) is 24.5. The molecule has 1 fully saturated rings. The van der Waals surface area contributed by atoms with Gasteiger partial charge in [-0.25, -0.2) is 4.98 Å². The molecule has 230 valence electrons. The van der Waals surface area contributed by atoms with E-state index in [2.05, 4.69) is 20.4 Å². The van der Waals surface area contributed by atoms with Gasteiger partial charge >= 0.3 is 29.6 Å². The van der Waals surface area contributed by atoms with Crippen LogP contribution < -0.4 is 51.0 Å². The standard InChI is InChI=1S/C28H25N9O6S2.Na/c1-2-43-35-20(19-13-45-28(30)33-19)24(39)34-21-25(40)37-22(27(41)42)16(12-44-26(21)37)4-3-7-36-8-5-15(6-9-36)17-10-18(31-11-17)23(38)32-14-29;/h3-6,8-11,13,21,26H,2,7,12H2,1H3,(H2,30,33)(H,32,38)(H,34,39)(H,41,42);/q;+1/p-1/b4-3+,35-20-;/t21-,26-;/m1./s1. The van der Waals surface area contributed by atoms with Crippen molar-refractivity contribution in [3.05, 3.63) is 82.0 Å². The third-order valence-corrected chi connectivity index (χ3v) is 8.62. The molecule has 4 N–H and O–H groups in total. The van der Waals surface area contributed by atoms with Crippen molar-refractivity contribution in [1.29, 1.82) is 5.26 Å². The molecule has 5 rings (SSSR count). The van der Waals surface area contributed by atoms with E-state index < -0.39 is 35.1 Å². The number of nitriles is 1. The Morgan fingerprint density at radius 3 is 2.72 bits per heavy atom. The smallest absolute Gasteiger partial charge is 0.543 e. The molecule has 1 saturated heterocycles. The summed E-state index contributed by atoms with van der Waals surface area (Å²) in [5, 5.41) is 30.3. The Labute approximate surface area is 292 Å². The molecule has 5 heterocycles. The van der Waals surface area contributed by atoms with Gasteiger partial charge in [0.25, 0.3) is 17.7 Å². The molecule has 0 spiro atoms. The summed E-state index contributed by atoms with van der Waals surface area (Å²) in [7, 11) is 0. The van der Waals surface area contributed by atoms with Crippen LogP contribution >= 0.6 is 23.1 Å². The van der Waals surface area contributed by atoms with E-state index in [0.717, 1.165) is 21.8 Å². The molecule has 0 aliphatic carbocycles. The first-order chi connectivity index (χ1) is 21.7. The topological polar surface area (TPSA) is 219 Å². The third-order valence-electron chi connectivity index (χ3n) is 6.64. The van der Waals surface area contributed by atoms with Crippen LogP contribution in [0.15, 0.2) is 86.4 Å². The number of aliphatic imine (C=N–C) groups is 1. The Morgan fingerprint density at radius 2 is 2.07 bits per heavy atom. The summed E-state index contributed by atoms with van der Waals surface area (Å²) in [6.07, 6.45) is 15.3. The minimum absolute atomic E-state index is 0. The van der Waals surface area contributed by atoms with E-state index in [1.165, 1.54) is 23.4 Å².